The molecule has 2 aliphatic carbocycles. The molecular weight excluding hydrogens is 444 g/mol. The zero-order valence-electron chi connectivity index (χ0n) is 20.3. The number of hydrogen-bond donors (Lipinski definition) is 3. The Balaban J connectivity index is 1.35. The van der Waals surface area contributed by atoms with E-state index in [1.54, 1.807) is 13.8 Å². The highest BCUT2D eigenvalue weighted by Crippen LogP contribution is 2.44. The molecule has 35 heavy (non-hydrogen) atoms. The van der Waals surface area contributed by atoms with Gasteiger partial charge in [0.15, 0.2) is 0 Å². The molecule has 0 aliphatic heterocycles. The molecule has 1 saturated carbocycles. The van der Waals surface area contributed by atoms with Crippen molar-refractivity contribution in [2.24, 2.45) is 11.8 Å². The van der Waals surface area contributed by atoms with Gasteiger partial charge in [-0.3, -0.25) is 4.79 Å². The van der Waals surface area contributed by atoms with Crippen molar-refractivity contribution in [2.45, 2.75) is 64.0 Å². The van der Waals surface area contributed by atoms with Gasteiger partial charge in [-0.1, -0.05) is 75.2 Å². The first-order valence-electron chi connectivity index (χ1n) is 12.5. The standard InChI is InChI=1S/C28H34N2O5/c1-17(2)26(27(32)33)30-25(31)15-18-9-3-8-14-24(18)29-28(34)35-16-23-21-12-6-4-10-19(21)20-11-5-7-13-22(20)23/h4-7,10-13,17-18,23-24,26H,3,8-9,14-16H2,1-2H3,(H,29,34)(H,30,31)(H,32,33). The lowest BCUT2D eigenvalue weighted by molar-refractivity contribution is -0.143. The minimum Gasteiger partial charge on any atom is -0.480 e. The Bertz CT molecular complexity index is 1040. The summed E-state index contributed by atoms with van der Waals surface area (Å²) in [5.74, 6) is -1.60. The van der Waals surface area contributed by atoms with Crippen LogP contribution in [-0.4, -0.2) is 41.8 Å². The van der Waals surface area contributed by atoms with Crippen molar-refractivity contribution in [1.82, 2.24) is 10.6 Å². The number of hydrogen-bond acceptors (Lipinski definition) is 4. The maximum atomic E-state index is 12.8. The molecular formula is C28H34N2O5. The third-order valence-corrected chi connectivity index (χ3v) is 7.25. The van der Waals surface area contributed by atoms with Gasteiger partial charge in [-0.2, -0.15) is 0 Å². The molecule has 0 radical (unpaired) electrons. The van der Waals surface area contributed by atoms with Gasteiger partial charge < -0.3 is 20.5 Å². The quantitative estimate of drug-likeness (QED) is 0.510. The number of ether oxygens (including phenoxy) is 1. The second kappa shape index (κ2) is 10.9. The molecule has 3 atom stereocenters. The molecule has 7 heteroatoms. The van der Waals surface area contributed by atoms with E-state index >= 15 is 0 Å². The van der Waals surface area contributed by atoms with Gasteiger partial charge in [-0.05, 0) is 46.9 Å². The molecule has 0 saturated heterocycles. The van der Waals surface area contributed by atoms with Crippen molar-refractivity contribution >= 4 is 18.0 Å². The van der Waals surface area contributed by atoms with Crippen LogP contribution in [0.1, 0.15) is 63.0 Å². The molecule has 3 unspecified atom stereocenters. The molecule has 7 nitrogen and oxygen atoms in total. The predicted molar refractivity (Wildman–Crippen MR) is 133 cm³/mol. The summed E-state index contributed by atoms with van der Waals surface area (Å²) in [5.41, 5.74) is 4.67. The Labute approximate surface area is 206 Å². The van der Waals surface area contributed by atoms with Crippen LogP contribution in [0.25, 0.3) is 11.1 Å². The van der Waals surface area contributed by atoms with Crippen LogP contribution in [0, 0.1) is 11.8 Å². The lowest BCUT2D eigenvalue weighted by Crippen LogP contribution is -2.47. The van der Waals surface area contributed by atoms with Crippen LogP contribution in [0.2, 0.25) is 0 Å². The van der Waals surface area contributed by atoms with Crippen molar-refractivity contribution in [2.75, 3.05) is 6.61 Å². The Morgan fingerprint density at radius 1 is 0.971 bits per heavy atom. The van der Waals surface area contributed by atoms with E-state index in [0.717, 1.165) is 36.8 Å². The van der Waals surface area contributed by atoms with Crippen LogP contribution in [0.3, 0.4) is 0 Å². The van der Waals surface area contributed by atoms with Crippen molar-refractivity contribution < 1.29 is 24.2 Å². The second-order valence-corrected chi connectivity index (χ2v) is 9.95. The van der Waals surface area contributed by atoms with Crippen molar-refractivity contribution in [1.29, 1.82) is 0 Å². The fourth-order valence-electron chi connectivity index (χ4n) is 5.42. The minimum absolute atomic E-state index is 0.00920. The van der Waals surface area contributed by atoms with Crippen LogP contribution in [0.15, 0.2) is 48.5 Å². The van der Waals surface area contributed by atoms with E-state index in [2.05, 4.69) is 34.9 Å². The molecule has 2 aliphatic rings. The van der Waals surface area contributed by atoms with E-state index in [1.807, 2.05) is 24.3 Å². The number of carboxylic acids is 1. The summed E-state index contributed by atoms with van der Waals surface area (Å²) >= 11 is 0. The van der Waals surface area contributed by atoms with Crippen molar-refractivity contribution in [3.63, 3.8) is 0 Å². The first-order chi connectivity index (χ1) is 16.8. The number of amides is 2. The minimum atomic E-state index is -1.04. The third kappa shape index (κ3) is 5.66. The first-order valence-corrected chi connectivity index (χ1v) is 12.5. The number of aliphatic carboxylic acids is 1. The molecule has 4 rings (SSSR count). The SMILES string of the molecule is CC(C)C(NC(=O)CC1CCCCC1NC(=O)OCC1c2ccccc2-c2ccccc21)C(=O)O. The topological polar surface area (TPSA) is 105 Å². The Morgan fingerprint density at radius 2 is 1.57 bits per heavy atom. The molecule has 2 aromatic carbocycles. The summed E-state index contributed by atoms with van der Waals surface area (Å²) < 4.78 is 5.69. The molecule has 0 heterocycles. The number of carbonyl (C=O) groups excluding carboxylic acids is 2. The van der Waals surface area contributed by atoms with Crippen LogP contribution < -0.4 is 10.6 Å². The van der Waals surface area contributed by atoms with Crippen molar-refractivity contribution in [3.8, 4) is 11.1 Å². The molecule has 3 N–H and O–H groups in total. The van der Waals surface area contributed by atoms with Gasteiger partial charge in [0.1, 0.15) is 12.6 Å². The van der Waals surface area contributed by atoms with E-state index < -0.39 is 18.1 Å². The zero-order chi connectivity index (χ0) is 24.9. The van der Waals surface area contributed by atoms with Gasteiger partial charge in [0.2, 0.25) is 5.91 Å². The summed E-state index contributed by atoms with van der Waals surface area (Å²) in [4.78, 5) is 36.8. The Kier molecular flexibility index (Phi) is 7.73. The van der Waals surface area contributed by atoms with Crippen LogP contribution in [0.4, 0.5) is 4.79 Å². The molecule has 0 bridgehead atoms. The Hall–Kier alpha value is -3.35. The van der Waals surface area contributed by atoms with Crippen LogP contribution in [0.5, 0.6) is 0 Å². The highest BCUT2D eigenvalue weighted by molar-refractivity contribution is 5.84. The summed E-state index contributed by atoms with van der Waals surface area (Å²) in [5, 5.41) is 15.0. The molecule has 2 amide bonds. The molecule has 186 valence electrons. The largest absolute Gasteiger partial charge is 0.480 e. The van der Waals surface area contributed by atoms with Crippen molar-refractivity contribution in [3.05, 3.63) is 59.7 Å². The van der Waals surface area contributed by atoms with Gasteiger partial charge in [0.25, 0.3) is 0 Å². The molecule has 0 aromatic heterocycles. The van der Waals surface area contributed by atoms with Crippen LogP contribution >= 0.6 is 0 Å². The number of fused-ring (bicyclic) bond motifs is 3. The van der Waals surface area contributed by atoms with E-state index in [4.69, 9.17) is 4.74 Å². The van der Waals surface area contributed by atoms with E-state index in [9.17, 15) is 19.5 Å². The highest BCUT2D eigenvalue weighted by atomic mass is 16.5. The number of carboxylic acid groups (broad SMARTS) is 1. The third-order valence-electron chi connectivity index (χ3n) is 7.25. The highest BCUT2D eigenvalue weighted by Gasteiger charge is 2.32. The van der Waals surface area contributed by atoms with E-state index in [0.29, 0.717) is 0 Å². The summed E-state index contributed by atoms with van der Waals surface area (Å²) in [7, 11) is 0. The van der Waals surface area contributed by atoms with Gasteiger partial charge in [0, 0.05) is 18.4 Å². The number of benzene rings is 2. The maximum absolute atomic E-state index is 12.8. The van der Waals surface area contributed by atoms with Gasteiger partial charge in [0.05, 0.1) is 0 Å². The summed E-state index contributed by atoms with van der Waals surface area (Å²) in [6, 6.07) is 15.3. The lowest BCUT2D eigenvalue weighted by Gasteiger charge is -2.32. The van der Waals surface area contributed by atoms with Gasteiger partial charge >= 0.3 is 12.1 Å². The number of alkyl carbamates (subject to hydrolysis) is 1. The Morgan fingerprint density at radius 3 is 2.17 bits per heavy atom. The average molecular weight is 479 g/mol. The average Bonchev–Trinajstić information content (AvgIpc) is 3.16. The van der Waals surface area contributed by atoms with E-state index in [-0.39, 0.29) is 42.7 Å². The van der Waals surface area contributed by atoms with Gasteiger partial charge in [-0.25, -0.2) is 9.59 Å². The van der Waals surface area contributed by atoms with Gasteiger partial charge in [-0.15, -0.1) is 0 Å². The number of nitrogens with one attached hydrogen (secondary N) is 2. The predicted octanol–water partition coefficient (Wildman–Crippen LogP) is 4.70. The summed E-state index contributed by atoms with van der Waals surface area (Å²) in [6.45, 7) is 3.77. The van der Waals surface area contributed by atoms with E-state index in [1.165, 1.54) is 11.1 Å². The number of rotatable bonds is 8. The smallest absolute Gasteiger partial charge is 0.407 e. The normalized spacial score (nSPS) is 20.0. The second-order valence-electron chi connectivity index (χ2n) is 9.95. The molecule has 2 aromatic rings. The number of carbonyl (C=O) groups is 3. The fraction of sp³-hybridized carbons (Fsp3) is 0.464. The fourth-order valence-corrected chi connectivity index (χ4v) is 5.42. The lowest BCUT2D eigenvalue weighted by atomic mass is 9.82. The molecule has 0 spiro atoms. The molecule has 1 fully saturated rings. The maximum Gasteiger partial charge on any atom is 0.407 e. The monoisotopic (exact) mass is 478 g/mol. The zero-order valence-corrected chi connectivity index (χ0v) is 20.3. The van der Waals surface area contributed by atoms with Crippen LogP contribution in [-0.2, 0) is 14.3 Å². The first kappa shape index (κ1) is 24.8. The summed E-state index contributed by atoms with van der Waals surface area (Å²) in [6.07, 6.45) is 3.24.